The molecular formula is C6H8O5P+. The van der Waals surface area contributed by atoms with Gasteiger partial charge in [-0.25, -0.2) is 4.79 Å². The van der Waals surface area contributed by atoms with Crippen LogP contribution in [0.1, 0.15) is 0 Å². The Hall–Kier alpha value is -1.19. The quantitative estimate of drug-likeness (QED) is 0.221. The van der Waals surface area contributed by atoms with Crippen LogP contribution in [0.3, 0.4) is 0 Å². The summed E-state index contributed by atoms with van der Waals surface area (Å²) in [5.74, 6) is -0.833. The number of ether oxygens (including phenoxy) is 1. The van der Waals surface area contributed by atoms with Gasteiger partial charge < -0.3 is 14.9 Å². The second-order valence-corrected chi connectivity index (χ2v) is 2.40. The van der Waals surface area contributed by atoms with Gasteiger partial charge in [0.25, 0.3) is 0 Å². The van der Waals surface area contributed by atoms with Crippen molar-refractivity contribution < 1.29 is 24.3 Å². The molecule has 6 heteroatoms. The summed E-state index contributed by atoms with van der Waals surface area (Å²) in [6.45, 7) is 3.08. The third kappa shape index (κ3) is 4.60. The van der Waals surface area contributed by atoms with E-state index in [1.165, 1.54) is 0 Å². The maximum Gasteiger partial charge on any atom is 0.401 e. The van der Waals surface area contributed by atoms with Crippen molar-refractivity contribution in [1.82, 2.24) is 0 Å². The molecule has 2 atom stereocenters. The molecule has 0 aliphatic heterocycles. The monoisotopic (exact) mass is 191 g/mol. The zero-order valence-corrected chi connectivity index (χ0v) is 7.06. The van der Waals surface area contributed by atoms with Crippen LogP contribution in [-0.4, -0.2) is 22.5 Å². The molecule has 0 aliphatic carbocycles. The van der Waals surface area contributed by atoms with Gasteiger partial charge in [-0.3, -0.25) is 0 Å². The van der Waals surface area contributed by atoms with Crippen LogP contribution in [0.5, 0.6) is 0 Å². The molecule has 2 N–H and O–H groups in total. The molecule has 0 fully saturated rings. The van der Waals surface area contributed by atoms with Crippen molar-refractivity contribution in [2.75, 3.05) is 0 Å². The Morgan fingerprint density at radius 1 is 1.67 bits per heavy atom. The van der Waals surface area contributed by atoms with Crippen LogP contribution < -0.4 is 0 Å². The predicted octanol–water partition coefficient (Wildman–Crippen LogP) is 0.457. The predicted molar refractivity (Wildman–Crippen MR) is 42.0 cm³/mol. The van der Waals surface area contributed by atoms with E-state index in [1.54, 1.807) is 0 Å². The number of aliphatic hydroxyl groups is 2. The summed E-state index contributed by atoms with van der Waals surface area (Å²) >= 11 is 0. The van der Waals surface area contributed by atoms with Crippen molar-refractivity contribution >= 4 is 14.4 Å². The van der Waals surface area contributed by atoms with Crippen LogP contribution in [-0.2, 0) is 14.1 Å². The molecule has 0 aromatic carbocycles. The normalized spacial score (nSPS) is 13.9. The Kier molecular flexibility index (Phi) is 4.92. The van der Waals surface area contributed by atoms with Gasteiger partial charge in [0.1, 0.15) is 0 Å². The lowest BCUT2D eigenvalue weighted by molar-refractivity contribution is -0.154. The minimum absolute atomic E-state index is 0.556. The number of rotatable bonds is 4. The largest absolute Gasteiger partial charge is 0.474 e. The van der Waals surface area contributed by atoms with E-state index in [-0.39, 0.29) is 0 Å². The number of carbonyl (C=O) groups excluding carboxylic acids is 1. The molecule has 0 saturated heterocycles. The lowest BCUT2D eigenvalue weighted by Gasteiger charge is -2.02. The maximum absolute atomic E-state index is 10.4. The van der Waals surface area contributed by atoms with E-state index in [0.717, 1.165) is 12.2 Å². The van der Waals surface area contributed by atoms with Crippen molar-refractivity contribution in [2.24, 2.45) is 0 Å². The molecule has 12 heavy (non-hydrogen) atoms. The number of esters is 1. The molecule has 0 amide bonds. The third-order valence-electron chi connectivity index (χ3n) is 0.809. The van der Waals surface area contributed by atoms with Gasteiger partial charge in [-0.15, -0.1) is 0 Å². The first kappa shape index (κ1) is 10.8. The number of aliphatic hydroxyl groups excluding tert-OH is 2. The first-order valence-electron chi connectivity index (χ1n) is 2.90. The molecular weight excluding hydrogens is 183 g/mol. The minimum atomic E-state index is -1.60. The highest BCUT2D eigenvalue weighted by Crippen LogP contribution is 2.07. The molecule has 0 saturated carbocycles. The lowest BCUT2D eigenvalue weighted by atomic mass is 10.6. The van der Waals surface area contributed by atoms with Crippen LogP contribution in [0, 0.1) is 0 Å². The van der Waals surface area contributed by atoms with E-state index in [4.69, 9.17) is 10.2 Å². The average Bonchev–Trinajstić information content (AvgIpc) is 2.03. The Labute approximate surface area is 70.2 Å². The second-order valence-electron chi connectivity index (χ2n) is 1.69. The van der Waals surface area contributed by atoms with Gasteiger partial charge in [-0.1, -0.05) is 11.1 Å². The molecule has 0 spiro atoms. The minimum Gasteiger partial charge on any atom is -0.474 e. The van der Waals surface area contributed by atoms with Crippen molar-refractivity contribution in [3.05, 3.63) is 24.2 Å². The van der Waals surface area contributed by atoms with E-state index in [0.29, 0.717) is 0 Å². The van der Waals surface area contributed by atoms with Gasteiger partial charge in [0.05, 0.1) is 6.08 Å². The van der Waals surface area contributed by atoms with Gasteiger partial charge in [0.15, 0.2) is 0 Å². The molecule has 0 bridgehead atoms. The van der Waals surface area contributed by atoms with Crippen LogP contribution >= 0.6 is 8.46 Å². The number of hydrogen-bond donors (Lipinski definition) is 2. The van der Waals surface area contributed by atoms with Gasteiger partial charge in [0, 0.05) is 6.08 Å². The fourth-order valence-corrected chi connectivity index (χ4v) is 0.581. The summed E-state index contributed by atoms with van der Waals surface area (Å²) < 4.78 is 14.2. The summed E-state index contributed by atoms with van der Waals surface area (Å²) in [5.41, 5.74) is -0.556. The molecule has 5 nitrogen and oxygen atoms in total. The van der Waals surface area contributed by atoms with Crippen LogP contribution in [0.4, 0.5) is 0 Å². The molecule has 0 heterocycles. The zero-order chi connectivity index (χ0) is 9.56. The molecule has 0 rings (SSSR count). The van der Waals surface area contributed by atoms with Gasteiger partial charge in [0.2, 0.25) is 6.29 Å². The Morgan fingerprint density at radius 2 is 2.25 bits per heavy atom. The Morgan fingerprint density at radius 3 is 2.67 bits per heavy atom. The standard InChI is InChI=1S/C6H7O5P/c1-2-4(7)11-5(8)3-6(9)12-10/h2-3,5,8-9H,1H2/p+1. The highest BCUT2D eigenvalue weighted by Gasteiger charge is 2.09. The van der Waals surface area contributed by atoms with Gasteiger partial charge in [-0.05, 0) is 0 Å². The Balaban J connectivity index is 4.04. The highest BCUT2D eigenvalue weighted by molar-refractivity contribution is 7.28. The zero-order valence-electron chi connectivity index (χ0n) is 6.06. The van der Waals surface area contributed by atoms with Crippen molar-refractivity contribution in [1.29, 1.82) is 0 Å². The summed E-state index contributed by atoms with van der Waals surface area (Å²) in [5, 5.41) is 17.4. The van der Waals surface area contributed by atoms with Gasteiger partial charge >= 0.3 is 19.9 Å². The summed E-state index contributed by atoms with van der Waals surface area (Å²) in [7, 11) is -1.09. The molecule has 0 aromatic rings. The molecule has 2 unspecified atom stereocenters. The van der Waals surface area contributed by atoms with E-state index in [1.807, 2.05) is 0 Å². The van der Waals surface area contributed by atoms with Crippen molar-refractivity contribution in [3.63, 3.8) is 0 Å². The first-order chi connectivity index (χ1) is 5.60. The van der Waals surface area contributed by atoms with Crippen LogP contribution in [0.15, 0.2) is 24.2 Å². The van der Waals surface area contributed by atoms with Crippen molar-refractivity contribution in [2.45, 2.75) is 6.29 Å². The van der Waals surface area contributed by atoms with E-state index < -0.39 is 26.2 Å². The maximum atomic E-state index is 10.4. The summed E-state index contributed by atoms with van der Waals surface area (Å²) in [6.07, 6.45) is -0.00239. The van der Waals surface area contributed by atoms with E-state index in [2.05, 4.69) is 11.3 Å². The molecule has 0 aliphatic rings. The first-order valence-corrected chi connectivity index (χ1v) is 3.81. The summed E-state index contributed by atoms with van der Waals surface area (Å²) in [6, 6.07) is 0. The number of hydrogen-bond acceptors (Lipinski definition) is 5. The second kappa shape index (κ2) is 5.46. The number of carbonyl (C=O) groups is 1. The Bertz CT molecular complexity index is 222. The SMILES string of the molecule is C=CC(=O)OC(O)C=C(O)[PH+]=O. The molecule has 66 valence electrons. The topological polar surface area (TPSA) is 83.8 Å². The molecule has 0 aromatic heterocycles. The van der Waals surface area contributed by atoms with Crippen LogP contribution in [0.25, 0.3) is 0 Å². The smallest absolute Gasteiger partial charge is 0.401 e. The third-order valence-corrected chi connectivity index (χ3v) is 1.18. The summed E-state index contributed by atoms with van der Waals surface area (Å²) in [4.78, 5) is 10.4. The van der Waals surface area contributed by atoms with Gasteiger partial charge in [-0.2, -0.15) is 0 Å². The van der Waals surface area contributed by atoms with E-state index >= 15 is 0 Å². The highest BCUT2D eigenvalue weighted by atomic mass is 31.1. The lowest BCUT2D eigenvalue weighted by Crippen LogP contribution is -2.13. The van der Waals surface area contributed by atoms with Crippen molar-refractivity contribution in [3.8, 4) is 0 Å². The fraction of sp³-hybridized carbons (Fsp3) is 0.167. The molecule has 0 radical (unpaired) electrons. The fourth-order valence-electron chi connectivity index (χ4n) is 0.370. The van der Waals surface area contributed by atoms with Crippen LogP contribution in [0.2, 0.25) is 0 Å². The average molecular weight is 191 g/mol. The van der Waals surface area contributed by atoms with E-state index in [9.17, 15) is 9.36 Å².